The molecule has 0 bridgehead atoms. The van der Waals surface area contributed by atoms with Crippen molar-refractivity contribution in [1.29, 1.82) is 0 Å². The van der Waals surface area contributed by atoms with Crippen LogP contribution in [0.4, 0.5) is 5.69 Å². The van der Waals surface area contributed by atoms with Crippen molar-refractivity contribution >= 4 is 29.1 Å². The van der Waals surface area contributed by atoms with E-state index >= 15 is 0 Å². The van der Waals surface area contributed by atoms with E-state index in [0.717, 1.165) is 12.1 Å². The lowest BCUT2D eigenvalue weighted by atomic mass is 9.78. The van der Waals surface area contributed by atoms with Gasteiger partial charge in [-0.1, -0.05) is 24.6 Å². The summed E-state index contributed by atoms with van der Waals surface area (Å²) in [4.78, 5) is 37.8. The molecule has 2 aromatic rings. The molecular formula is C19H19ClN4O2. The van der Waals surface area contributed by atoms with Gasteiger partial charge in [-0.3, -0.25) is 14.6 Å². The van der Waals surface area contributed by atoms with E-state index in [0.29, 0.717) is 25.3 Å². The monoisotopic (exact) mass is 370 g/mol. The minimum atomic E-state index is -0.538. The van der Waals surface area contributed by atoms with Gasteiger partial charge in [-0.15, -0.1) is 0 Å². The van der Waals surface area contributed by atoms with Gasteiger partial charge in [0.25, 0.3) is 5.91 Å². The van der Waals surface area contributed by atoms with Crippen LogP contribution in [0.2, 0.25) is 5.15 Å². The molecule has 0 aliphatic carbocycles. The molecular weight excluding hydrogens is 352 g/mol. The van der Waals surface area contributed by atoms with Crippen molar-refractivity contribution < 1.29 is 9.59 Å². The van der Waals surface area contributed by atoms with Crippen LogP contribution in [-0.2, 0) is 4.79 Å². The largest absolute Gasteiger partial charge is 0.336 e. The molecule has 2 fully saturated rings. The van der Waals surface area contributed by atoms with Crippen LogP contribution in [-0.4, -0.2) is 46.3 Å². The molecule has 6 nitrogen and oxygen atoms in total. The SMILES string of the molecule is C[C@@H]1CN(C(=O)c2cccc(Cl)n2)C[C@]12CCN(c1cccnc1)C2=O. The zero-order chi connectivity index (χ0) is 18.3. The lowest BCUT2D eigenvalue weighted by Gasteiger charge is -2.26. The van der Waals surface area contributed by atoms with Crippen molar-refractivity contribution in [2.45, 2.75) is 13.3 Å². The Morgan fingerprint density at radius 1 is 1.31 bits per heavy atom. The molecule has 2 aromatic heterocycles. The first-order valence-corrected chi connectivity index (χ1v) is 9.03. The number of nitrogens with zero attached hydrogens (tertiary/aromatic N) is 4. The smallest absolute Gasteiger partial charge is 0.272 e. The van der Waals surface area contributed by atoms with Crippen molar-refractivity contribution in [2.75, 3.05) is 24.5 Å². The van der Waals surface area contributed by atoms with Gasteiger partial charge in [-0.25, -0.2) is 4.98 Å². The first-order chi connectivity index (χ1) is 12.5. The minimum absolute atomic E-state index is 0.0763. The highest BCUT2D eigenvalue weighted by Gasteiger charge is 2.56. The number of likely N-dealkylation sites (tertiary alicyclic amines) is 1. The average Bonchev–Trinajstić information content (AvgIpc) is 3.16. The van der Waals surface area contributed by atoms with E-state index in [1.54, 1.807) is 40.4 Å². The number of pyridine rings is 2. The summed E-state index contributed by atoms with van der Waals surface area (Å²) >= 11 is 5.91. The maximum Gasteiger partial charge on any atom is 0.272 e. The number of rotatable bonds is 2. The van der Waals surface area contributed by atoms with Crippen molar-refractivity contribution in [3.8, 4) is 0 Å². The Morgan fingerprint density at radius 3 is 2.88 bits per heavy atom. The van der Waals surface area contributed by atoms with Crippen LogP contribution < -0.4 is 4.90 Å². The van der Waals surface area contributed by atoms with Crippen molar-refractivity contribution in [2.24, 2.45) is 11.3 Å². The Hall–Kier alpha value is -2.47. The lowest BCUT2D eigenvalue weighted by Crippen LogP contribution is -2.40. The molecule has 1 spiro atoms. The van der Waals surface area contributed by atoms with Gasteiger partial charge in [0, 0.05) is 25.8 Å². The number of halogens is 1. The van der Waals surface area contributed by atoms with Crippen molar-refractivity contribution in [1.82, 2.24) is 14.9 Å². The lowest BCUT2D eigenvalue weighted by molar-refractivity contribution is -0.126. The Balaban J connectivity index is 1.57. The second kappa shape index (κ2) is 6.36. The van der Waals surface area contributed by atoms with E-state index in [1.165, 1.54) is 0 Å². The number of amides is 2. The summed E-state index contributed by atoms with van der Waals surface area (Å²) in [6.07, 6.45) is 4.13. The van der Waals surface area contributed by atoms with Crippen LogP contribution in [0.15, 0.2) is 42.7 Å². The molecule has 0 unspecified atom stereocenters. The first kappa shape index (κ1) is 17.0. The molecule has 26 heavy (non-hydrogen) atoms. The molecule has 2 aliphatic heterocycles. The van der Waals surface area contributed by atoms with Gasteiger partial charge in [0.05, 0.1) is 17.3 Å². The van der Waals surface area contributed by atoms with Gasteiger partial charge in [0.2, 0.25) is 5.91 Å². The average molecular weight is 371 g/mol. The summed E-state index contributed by atoms with van der Waals surface area (Å²) in [6, 6.07) is 8.72. The third-order valence-corrected chi connectivity index (χ3v) is 5.75. The van der Waals surface area contributed by atoms with E-state index in [9.17, 15) is 9.59 Å². The van der Waals surface area contributed by atoms with E-state index in [-0.39, 0.29) is 22.9 Å². The molecule has 7 heteroatoms. The molecule has 0 saturated carbocycles. The van der Waals surface area contributed by atoms with E-state index in [1.807, 2.05) is 19.1 Å². The second-order valence-electron chi connectivity index (χ2n) is 7.01. The summed E-state index contributed by atoms with van der Waals surface area (Å²) in [5.74, 6) is -0.0176. The van der Waals surface area contributed by atoms with E-state index < -0.39 is 5.41 Å². The second-order valence-corrected chi connectivity index (χ2v) is 7.39. The predicted octanol–water partition coefficient (Wildman–Crippen LogP) is 2.65. The number of anilines is 1. The van der Waals surface area contributed by atoms with E-state index in [2.05, 4.69) is 9.97 Å². The Morgan fingerprint density at radius 2 is 2.15 bits per heavy atom. The Labute approximate surface area is 156 Å². The fraction of sp³-hybridized carbons (Fsp3) is 0.368. The first-order valence-electron chi connectivity index (χ1n) is 8.65. The molecule has 2 saturated heterocycles. The standard InChI is InChI=1S/C19H19ClN4O2/c1-13-11-23(17(25)15-5-2-6-16(20)22-15)12-19(13)7-9-24(18(19)26)14-4-3-8-21-10-14/h2-6,8,10,13H,7,9,11-12H2,1H3/t13-,19-/m1/s1. The molecule has 2 amide bonds. The van der Waals surface area contributed by atoms with Crippen LogP contribution in [0.3, 0.4) is 0 Å². The van der Waals surface area contributed by atoms with Crippen molar-refractivity contribution in [3.63, 3.8) is 0 Å². The molecule has 4 heterocycles. The number of carbonyl (C=O) groups excluding carboxylic acids is 2. The summed E-state index contributed by atoms with van der Waals surface area (Å²) in [5.41, 5.74) is 0.587. The Bertz CT molecular complexity index is 860. The zero-order valence-electron chi connectivity index (χ0n) is 14.4. The minimum Gasteiger partial charge on any atom is -0.336 e. The number of aromatic nitrogens is 2. The molecule has 4 rings (SSSR count). The highest BCUT2D eigenvalue weighted by atomic mass is 35.5. The summed E-state index contributed by atoms with van der Waals surface area (Å²) in [5, 5.41) is 0.289. The Kier molecular flexibility index (Phi) is 4.15. The molecule has 2 atom stereocenters. The normalized spacial score (nSPS) is 25.3. The number of hydrogen-bond acceptors (Lipinski definition) is 4. The van der Waals surface area contributed by atoms with Crippen LogP contribution in [0.5, 0.6) is 0 Å². The third kappa shape index (κ3) is 2.65. The van der Waals surface area contributed by atoms with Crippen LogP contribution >= 0.6 is 11.6 Å². The highest BCUT2D eigenvalue weighted by molar-refractivity contribution is 6.29. The van der Waals surface area contributed by atoms with Gasteiger partial charge < -0.3 is 9.80 Å². The molecule has 2 aliphatic rings. The maximum absolute atomic E-state index is 13.2. The van der Waals surface area contributed by atoms with Gasteiger partial charge in [0.1, 0.15) is 10.8 Å². The van der Waals surface area contributed by atoms with Crippen LogP contribution in [0, 0.1) is 11.3 Å². The maximum atomic E-state index is 13.2. The quantitative estimate of drug-likeness (QED) is 0.762. The number of hydrogen-bond donors (Lipinski definition) is 0. The van der Waals surface area contributed by atoms with Crippen LogP contribution in [0.25, 0.3) is 0 Å². The van der Waals surface area contributed by atoms with Gasteiger partial charge in [0.15, 0.2) is 0 Å². The van der Waals surface area contributed by atoms with Gasteiger partial charge in [-0.2, -0.15) is 0 Å². The highest BCUT2D eigenvalue weighted by Crippen LogP contribution is 2.46. The van der Waals surface area contributed by atoms with Crippen molar-refractivity contribution in [3.05, 3.63) is 53.6 Å². The molecule has 0 N–H and O–H groups in total. The molecule has 0 aromatic carbocycles. The topological polar surface area (TPSA) is 66.4 Å². The summed E-state index contributed by atoms with van der Waals surface area (Å²) < 4.78 is 0. The van der Waals surface area contributed by atoms with Gasteiger partial charge in [-0.05, 0) is 36.6 Å². The number of carbonyl (C=O) groups is 2. The predicted molar refractivity (Wildman–Crippen MR) is 98.0 cm³/mol. The van der Waals surface area contributed by atoms with Gasteiger partial charge >= 0.3 is 0 Å². The third-order valence-electron chi connectivity index (χ3n) is 5.54. The fourth-order valence-corrected chi connectivity index (χ4v) is 4.23. The summed E-state index contributed by atoms with van der Waals surface area (Å²) in [6.45, 7) is 3.64. The summed E-state index contributed by atoms with van der Waals surface area (Å²) in [7, 11) is 0. The molecule has 134 valence electrons. The molecule has 0 radical (unpaired) electrons. The zero-order valence-corrected chi connectivity index (χ0v) is 15.2. The van der Waals surface area contributed by atoms with E-state index in [4.69, 9.17) is 11.6 Å². The fourth-order valence-electron chi connectivity index (χ4n) is 4.06. The van der Waals surface area contributed by atoms with Crippen LogP contribution in [0.1, 0.15) is 23.8 Å².